The number of hydrogen-bond acceptors (Lipinski definition) is 2. The molecule has 0 atom stereocenters. The lowest BCUT2D eigenvalue weighted by Crippen LogP contribution is -3.00. The maximum absolute atomic E-state index is 12.8. The highest BCUT2D eigenvalue weighted by Crippen LogP contribution is 2.22. The average Bonchev–Trinajstić information content (AvgIpc) is 2.75. The third-order valence-electron chi connectivity index (χ3n) is 2.58. The number of hydrogen-bond donors (Lipinski definition) is 1. The summed E-state index contributed by atoms with van der Waals surface area (Å²) < 4.78 is 18.5. The summed E-state index contributed by atoms with van der Waals surface area (Å²) in [6, 6.07) is 10.2. The normalized spacial score (nSPS) is 11.2. The van der Waals surface area contributed by atoms with Gasteiger partial charge in [-0.2, -0.15) is 0 Å². The first-order valence-electron chi connectivity index (χ1n) is 6.04. The molecular weight excluding hydrogens is 265 g/mol. The molecule has 0 fully saturated rings. The molecule has 0 bridgehead atoms. The number of benzene rings is 1. The fraction of sp³-hybridized carbons (Fsp3) is 0.333. The van der Waals surface area contributed by atoms with Gasteiger partial charge in [-0.25, -0.2) is 4.39 Å². The standard InChI is InChI=1S/C15H18FNO.ClH/c1-15(2,3)17-10-13-8-9-14(18-13)11-4-6-12(16)7-5-11;/h4-9,17H,10H2,1-3H3;1H/p-1. The van der Waals surface area contributed by atoms with E-state index in [0.717, 1.165) is 17.1 Å². The molecule has 1 heterocycles. The lowest BCUT2D eigenvalue weighted by molar-refractivity contribution is -0.00000551. The highest BCUT2D eigenvalue weighted by atomic mass is 35.5. The van der Waals surface area contributed by atoms with E-state index < -0.39 is 0 Å². The Hall–Kier alpha value is -1.32. The Balaban J connectivity index is 0.00000180. The van der Waals surface area contributed by atoms with Crippen molar-refractivity contribution in [2.75, 3.05) is 0 Å². The van der Waals surface area contributed by atoms with Crippen LogP contribution in [0, 0.1) is 5.82 Å². The van der Waals surface area contributed by atoms with Crippen molar-refractivity contribution in [1.82, 2.24) is 5.32 Å². The molecule has 0 unspecified atom stereocenters. The van der Waals surface area contributed by atoms with Crippen LogP contribution in [0.25, 0.3) is 11.3 Å². The van der Waals surface area contributed by atoms with Crippen LogP contribution in [0.3, 0.4) is 0 Å². The maximum Gasteiger partial charge on any atom is 0.134 e. The SMILES string of the molecule is CC(C)(C)NCc1ccc(-c2ccc(F)cc2)o1.[Cl-]. The van der Waals surface area contributed by atoms with Gasteiger partial charge in [-0.15, -0.1) is 0 Å². The average molecular weight is 283 g/mol. The predicted molar refractivity (Wildman–Crippen MR) is 70.7 cm³/mol. The van der Waals surface area contributed by atoms with Crippen LogP contribution in [0.5, 0.6) is 0 Å². The molecule has 104 valence electrons. The molecule has 1 aromatic heterocycles. The third kappa shape index (κ3) is 4.69. The van der Waals surface area contributed by atoms with Crippen LogP contribution in [0.4, 0.5) is 4.39 Å². The Morgan fingerprint density at radius 1 is 1.05 bits per heavy atom. The van der Waals surface area contributed by atoms with Crippen molar-refractivity contribution in [3.8, 4) is 11.3 Å². The Morgan fingerprint density at radius 3 is 2.26 bits per heavy atom. The zero-order chi connectivity index (χ0) is 13.2. The summed E-state index contributed by atoms with van der Waals surface area (Å²) in [6.45, 7) is 7.01. The molecule has 2 nitrogen and oxygen atoms in total. The van der Waals surface area contributed by atoms with Crippen molar-refractivity contribution < 1.29 is 21.2 Å². The van der Waals surface area contributed by atoms with Crippen LogP contribution in [-0.2, 0) is 6.54 Å². The molecule has 1 N–H and O–H groups in total. The second kappa shape index (κ2) is 6.22. The lowest BCUT2D eigenvalue weighted by Gasteiger charge is -2.19. The van der Waals surface area contributed by atoms with Gasteiger partial charge in [-0.3, -0.25) is 0 Å². The van der Waals surface area contributed by atoms with E-state index in [0.29, 0.717) is 6.54 Å². The van der Waals surface area contributed by atoms with E-state index in [1.165, 1.54) is 12.1 Å². The Morgan fingerprint density at radius 2 is 1.68 bits per heavy atom. The molecule has 0 aliphatic heterocycles. The number of halogens is 2. The van der Waals surface area contributed by atoms with E-state index in [1.54, 1.807) is 12.1 Å². The predicted octanol–water partition coefficient (Wildman–Crippen LogP) is 0.978. The van der Waals surface area contributed by atoms with E-state index in [-0.39, 0.29) is 23.8 Å². The van der Waals surface area contributed by atoms with Gasteiger partial charge in [0.2, 0.25) is 0 Å². The molecule has 19 heavy (non-hydrogen) atoms. The largest absolute Gasteiger partial charge is 1.00 e. The molecule has 0 saturated heterocycles. The summed E-state index contributed by atoms with van der Waals surface area (Å²) in [7, 11) is 0. The Kier molecular flexibility index (Phi) is 5.15. The van der Waals surface area contributed by atoms with Crippen molar-refractivity contribution in [3.05, 3.63) is 48.0 Å². The highest BCUT2D eigenvalue weighted by Gasteiger charge is 2.10. The van der Waals surface area contributed by atoms with Crippen molar-refractivity contribution in [1.29, 1.82) is 0 Å². The summed E-state index contributed by atoms with van der Waals surface area (Å²) in [6.07, 6.45) is 0. The van der Waals surface area contributed by atoms with E-state index >= 15 is 0 Å². The van der Waals surface area contributed by atoms with Crippen LogP contribution in [-0.4, -0.2) is 5.54 Å². The molecule has 0 amide bonds. The number of rotatable bonds is 3. The lowest BCUT2D eigenvalue weighted by atomic mass is 10.1. The van der Waals surface area contributed by atoms with Gasteiger partial charge in [0.1, 0.15) is 17.3 Å². The molecule has 1 aromatic carbocycles. The first-order chi connectivity index (χ1) is 8.44. The molecule has 0 aliphatic carbocycles. The van der Waals surface area contributed by atoms with Gasteiger partial charge in [0.25, 0.3) is 0 Å². The second-order valence-electron chi connectivity index (χ2n) is 5.38. The number of nitrogens with one attached hydrogen (secondary N) is 1. The molecule has 2 rings (SSSR count). The number of furan rings is 1. The minimum atomic E-state index is -0.236. The zero-order valence-electron chi connectivity index (χ0n) is 11.3. The van der Waals surface area contributed by atoms with Gasteiger partial charge in [0.15, 0.2) is 0 Å². The molecule has 0 radical (unpaired) electrons. The molecule has 0 saturated carbocycles. The van der Waals surface area contributed by atoms with Gasteiger partial charge in [-0.05, 0) is 57.2 Å². The van der Waals surface area contributed by atoms with Gasteiger partial charge in [0.05, 0.1) is 6.54 Å². The fourth-order valence-corrected chi connectivity index (χ4v) is 1.59. The van der Waals surface area contributed by atoms with E-state index in [4.69, 9.17) is 4.42 Å². The van der Waals surface area contributed by atoms with E-state index in [2.05, 4.69) is 26.1 Å². The van der Waals surface area contributed by atoms with Crippen molar-refractivity contribution in [2.45, 2.75) is 32.9 Å². The topological polar surface area (TPSA) is 25.2 Å². The summed E-state index contributed by atoms with van der Waals surface area (Å²) in [5.74, 6) is 1.41. The van der Waals surface area contributed by atoms with Crippen LogP contribution in [0.1, 0.15) is 26.5 Å². The summed E-state index contributed by atoms with van der Waals surface area (Å²) >= 11 is 0. The highest BCUT2D eigenvalue weighted by molar-refractivity contribution is 5.57. The molecule has 2 aromatic rings. The minimum absolute atomic E-state index is 0. The molecule has 0 aliphatic rings. The van der Waals surface area contributed by atoms with Gasteiger partial charge >= 0.3 is 0 Å². The molecular formula is C15H18ClFNO-. The zero-order valence-corrected chi connectivity index (χ0v) is 12.1. The van der Waals surface area contributed by atoms with Crippen LogP contribution in [0.2, 0.25) is 0 Å². The summed E-state index contributed by atoms with van der Waals surface area (Å²) in [4.78, 5) is 0. The first kappa shape index (κ1) is 15.7. The van der Waals surface area contributed by atoms with E-state index in [9.17, 15) is 4.39 Å². The van der Waals surface area contributed by atoms with Crippen LogP contribution >= 0.6 is 0 Å². The fourth-order valence-electron chi connectivity index (χ4n) is 1.59. The van der Waals surface area contributed by atoms with Gasteiger partial charge < -0.3 is 22.1 Å². The smallest absolute Gasteiger partial charge is 0.134 e. The third-order valence-corrected chi connectivity index (χ3v) is 2.58. The van der Waals surface area contributed by atoms with Crippen LogP contribution in [0.15, 0.2) is 40.8 Å². The summed E-state index contributed by atoms with van der Waals surface area (Å²) in [5.41, 5.74) is 0.946. The van der Waals surface area contributed by atoms with E-state index in [1.807, 2.05) is 12.1 Å². The Labute approximate surface area is 119 Å². The van der Waals surface area contributed by atoms with Crippen molar-refractivity contribution in [2.24, 2.45) is 0 Å². The molecule has 0 spiro atoms. The molecule has 4 heteroatoms. The summed E-state index contributed by atoms with van der Waals surface area (Å²) in [5, 5.41) is 3.36. The second-order valence-corrected chi connectivity index (χ2v) is 5.38. The maximum atomic E-state index is 12.8. The van der Waals surface area contributed by atoms with Crippen molar-refractivity contribution >= 4 is 0 Å². The van der Waals surface area contributed by atoms with Gasteiger partial charge in [0, 0.05) is 11.1 Å². The minimum Gasteiger partial charge on any atom is -1.00 e. The monoisotopic (exact) mass is 282 g/mol. The van der Waals surface area contributed by atoms with Crippen LogP contribution < -0.4 is 17.7 Å². The van der Waals surface area contributed by atoms with Gasteiger partial charge in [-0.1, -0.05) is 0 Å². The first-order valence-corrected chi connectivity index (χ1v) is 6.04. The quantitative estimate of drug-likeness (QED) is 0.908. The Bertz CT molecular complexity index is 514. The van der Waals surface area contributed by atoms with Crippen molar-refractivity contribution in [3.63, 3.8) is 0 Å².